The van der Waals surface area contributed by atoms with Crippen LogP contribution in [0.5, 0.6) is 11.5 Å². The summed E-state index contributed by atoms with van der Waals surface area (Å²) in [6, 6.07) is 5.15. The molecular formula is C17H20N2O4S. The predicted molar refractivity (Wildman–Crippen MR) is 92.7 cm³/mol. The van der Waals surface area contributed by atoms with E-state index in [0.29, 0.717) is 27.9 Å². The zero-order valence-electron chi connectivity index (χ0n) is 14.1. The molecule has 24 heavy (non-hydrogen) atoms. The van der Waals surface area contributed by atoms with Crippen molar-refractivity contribution in [1.29, 1.82) is 0 Å². The van der Waals surface area contributed by atoms with Crippen LogP contribution in [0.1, 0.15) is 39.3 Å². The zero-order valence-corrected chi connectivity index (χ0v) is 14.9. The third-order valence-electron chi connectivity index (χ3n) is 3.62. The Bertz CT molecular complexity index is 737. The summed E-state index contributed by atoms with van der Waals surface area (Å²) in [6.45, 7) is 7.52. The SMILES string of the molecule is CC1=C(C(=O)OC(C)(C)C)C(c2ccc3c(c2)OCO3)NC(=S)N1. The number of esters is 1. The van der Waals surface area contributed by atoms with Crippen LogP contribution >= 0.6 is 12.2 Å². The second-order valence-electron chi connectivity index (χ2n) is 6.68. The fourth-order valence-electron chi connectivity index (χ4n) is 2.64. The molecule has 1 atom stereocenters. The molecule has 0 bridgehead atoms. The van der Waals surface area contributed by atoms with Crippen molar-refractivity contribution in [3.05, 3.63) is 35.0 Å². The minimum atomic E-state index is -0.582. The van der Waals surface area contributed by atoms with E-state index in [-0.39, 0.29) is 12.8 Å². The lowest BCUT2D eigenvalue weighted by molar-refractivity contribution is -0.150. The lowest BCUT2D eigenvalue weighted by Crippen LogP contribution is -2.45. The van der Waals surface area contributed by atoms with Gasteiger partial charge in [-0.1, -0.05) is 6.07 Å². The Kier molecular flexibility index (Phi) is 4.13. The summed E-state index contributed by atoms with van der Waals surface area (Å²) in [5, 5.41) is 6.59. The molecule has 0 radical (unpaired) electrons. The van der Waals surface area contributed by atoms with Crippen molar-refractivity contribution in [2.24, 2.45) is 0 Å². The normalized spacial score (nSPS) is 19.7. The van der Waals surface area contributed by atoms with Gasteiger partial charge in [-0.2, -0.15) is 0 Å². The van der Waals surface area contributed by atoms with Crippen molar-refractivity contribution in [2.75, 3.05) is 6.79 Å². The maximum atomic E-state index is 12.7. The van der Waals surface area contributed by atoms with E-state index < -0.39 is 11.6 Å². The molecule has 7 heteroatoms. The van der Waals surface area contributed by atoms with Gasteiger partial charge in [0, 0.05) is 5.70 Å². The number of carbonyl (C=O) groups excluding carboxylic acids is 1. The van der Waals surface area contributed by atoms with E-state index in [1.165, 1.54) is 0 Å². The van der Waals surface area contributed by atoms with Crippen LogP contribution in [0.25, 0.3) is 0 Å². The van der Waals surface area contributed by atoms with Crippen molar-refractivity contribution in [1.82, 2.24) is 10.6 Å². The largest absolute Gasteiger partial charge is 0.456 e. The average molecular weight is 348 g/mol. The standard InChI is InChI=1S/C17H20N2O4S/c1-9-13(15(20)23-17(2,3)4)14(19-16(24)18-9)10-5-6-11-12(7-10)22-8-21-11/h5-7,14H,8H2,1-4H3,(H2,18,19,24). The zero-order chi connectivity index (χ0) is 17.5. The van der Waals surface area contributed by atoms with Crippen LogP contribution in [0.3, 0.4) is 0 Å². The Labute approximate surface area is 146 Å². The number of hydrogen-bond acceptors (Lipinski definition) is 5. The van der Waals surface area contributed by atoms with Gasteiger partial charge in [0.15, 0.2) is 16.6 Å². The van der Waals surface area contributed by atoms with Crippen molar-refractivity contribution in [2.45, 2.75) is 39.3 Å². The van der Waals surface area contributed by atoms with Gasteiger partial charge in [-0.05, 0) is 57.6 Å². The number of carbonyl (C=O) groups is 1. The van der Waals surface area contributed by atoms with E-state index in [1.807, 2.05) is 45.9 Å². The highest BCUT2D eigenvalue weighted by atomic mass is 32.1. The number of benzene rings is 1. The summed E-state index contributed by atoms with van der Waals surface area (Å²) in [4.78, 5) is 12.7. The number of hydrogen-bond donors (Lipinski definition) is 2. The Balaban J connectivity index is 1.98. The molecule has 2 aliphatic heterocycles. The Morgan fingerprint density at radius 1 is 1.29 bits per heavy atom. The molecule has 128 valence electrons. The van der Waals surface area contributed by atoms with Gasteiger partial charge in [0.05, 0.1) is 11.6 Å². The molecular weight excluding hydrogens is 328 g/mol. The van der Waals surface area contributed by atoms with Crippen LogP contribution in [0.2, 0.25) is 0 Å². The first-order valence-electron chi connectivity index (χ1n) is 7.66. The van der Waals surface area contributed by atoms with Crippen LogP contribution in [-0.2, 0) is 9.53 Å². The quantitative estimate of drug-likeness (QED) is 0.629. The van der Waals surface area contributed by atoms with E-state index in [2.05, 4.69) is 10.6 Å². The predicted octanol–water partition coefficient (Wildman–Crippen LogP) is 2.55. The van der Waals surface area contributed by atoms with Gasteiger partial charge in [0.2, 0.25) is 6.79 Å². The number of allylic oxidation sites excluding steroid dienone is 1. The minimum Gasteiger partial charge on any atom is -0.456 e. The van der Waals surface area contributed by atoms with E-state index in [0.717, 1.165) is 5.56 Å². The third kappa shape index (κ3) is 3.31. The number of thiocarbonyl (C=S) groups is 1. The van der Waals surface area contributed by atoms with E-state index in [4.69, 9.17) is 26.4 Å². The summed E-state index contributed by atoms with van der Waals surface area (Å²) in [7, 11) is 0. The third-order valence-corrected chi connectivity index (χ3v) is 3.84. The molecule has 0 spiro atoms. The lowest BCUT2D eigenvalue weighted by Gasteiger charge is -2.31. The summed E-state index contributed by atoms with van der Waals surface area (Å²) in [5.74, 6) is 0.958. The maximum absolute atomic E-state index is 12.7. The minimum absolute atomic E-state index is 0.199. The second kappa shape index (κ2) is 5.98. The summed E-state index contributed by atoms with van der Waals surface area (Å²) in [6.07, 6.45) is 0. The van der Waals surface area contributed by atoms with Gasteiger partial charge in [-0.3, -0.25) is 0 Å². The maximum Gasteiger partial charge on any atom is 0.338 e. The van der Waals surface area contributed by atoms with Gasteiger partial charge in [0.1, 0.15) is 5.60 Å². The molecule has 0 saturated heterocycles. The molecule has 0 aromatic heterocycles. The van der Waals surface area contributed by atoms with Gasteiger partial charge in [-0.25, -0.2) is 4.79 Å². The molecule has 0 fully saturated rings. The molecule has 0 saturated carbocycles. The number of rotatable bonds is 2. The molecule has 2 aliphatic rings. The molecule has 1 unspecified atom stereocenters. The van der Waals surface area contributed by atoms with E-state index in [9.17, 15) is 4.79 Å². The number of fused-ring (bicyclic) bond motifs is 1. The number of ether oxygens (including phenoxy) is 3. The van der Waals surface area contributed by atoms with Gasteiger partial charge >= 0.3 is 5.97 Å². The van der Waals surface area contributed by atoms with Gasteiger partial charge < -0.3 is 24.8 Å². The Hall–Kier alpha value is -2.28. The van der Waals surface area contributed by atoms with Crippen molar-refractivity contribution >= 4 is 23.3 Å². The first-order valence-corrected chi connectivity index (χ1v) is 8.06. The van der Waals surface area contributed by atoms with Crippen molar-refractivity contribution < 1.29 is 19.0 Å². The van der Waals surface area contributed by atoms with E-state index in [1.54, 1.807) is 0 Å². The molecule has 1 aromatic rings. The van der Waals surface area contributed by atoms with Gasteiger partial charge in [-0.15, -0.1) is 0 Å². The van der Waals surface area contributed by atoms with Crippen LogP contribution in [0.4, 0.5) is 0 Å². The first-order chi connectivity index (χ1) is 11.2. The van der Waals surface area contributed by atoms with Crippen molar-refractivity contribution in [3.8, 4) is 11.5 Å². The smallest absolute Gasteiger partial charge is 0.338 e. The highest BCUT2D eigenvalue weighted by Crippen LogP contribution is 2.37. The molecule has 2 heterocycles. The van der Waals surface area contributed by atoms with E-state index >= 15 is 0 Å². The monoisotopic (exact) mass is 348 g/mol. The topological polar surface area (TPSA) is 68.8 Å². The van der Waals surface area contributed by atoms with Gasteiger partial charge in [0.25, 0.3) is 0 Å². The molecule has 1 aromatic carbocycles. The fourth-order valence-corrected chi connectivity index (χ4v) is 2.91. The summed E-state index contributed by atoms with van der Waals surface area (Å²) in [5.41, 5.74) is 1.44. The van der Waals surface area contributed by atoms with Crippen LogP contribution in [0, 0.1) is 0 Å². The highest BCUT2D eigenvalue weighted by Gasteiger charge is 2.33. The van der Waals surface area contributed by atoms with Crippen molar-refractivity contribution in [3.63, 3.8) is 0 Å². The summed E-state index contributed by atoms with van der Waals surface area (Å²) >= 11 is 5.24. The molecule has 0 amide bonds. The van der Waals surface area contributed by atoms with Crippen LogP contribution in [0.15, 0.2) is 29.5 Å². The fraction of sp³-hybridized carbons (Fsp3) is 0.412. The number of nitrogens with one attached hydrogen (secondary N) is 2. The van der Waals surface area contributed by atoms with Crippen LogP contribution in [-0.4, -0.2) is 23.5 Å². The summed E-state index contributed by atoms with van der Waals surface area (Å²) < 4.78 is 16.3. The highest BCUT2D eigenvalue weighted by molar-refractivity contribution is 7.80. The first kappa shape index (κ1) is 16.6. The molecule has 2 N–H and O–H groups in total. The lowest BCUT2D eigenvalue weighted by atomic mass is 9.95. The average Bonchev–Trinajstić information content (AvgIpc) is 2.91. The molecule has 6 nitrogen and oxygen atoms in total. The Morgan fingerprint density at radius 3 is 2.71 bits per heavy atom. The Morgan fingerprint density at radius 2 is 2.00 bits per heavy atom. The van der Waals surface area contributed by atoms with Crippen LogP contribution < -0.4 is 20.1 Å². The molecule has 0 aliphatic carbocycles. The molecule has 3 rings (SSSR count). The second-order valence-corrected chi connectivity index (χ2v) is 7.09.